The van der Waals surface area contributed by atoms with Crippen LogP contribution in [0.25, 0.3) is 11.4 Å². The smallest absolute Gasteiger partial charge is 0.255 e. The largest absolute Gasteiger partial charge is 0.549 e. The topological polar surface area (TPSA) is 130 Å². The van der Waals surface area contributed by atoms with Crippen LogP contribution in [-0.2, 0) is 4.79 Å². The minimum atomic E-state index is -2.03. The molecule has 0 fully saturated rings. The van der Waals surface area contributed by atoms with Crippen LogP contribution in [0, 0.1) is 17.1 Å². The van der Waals surface area contributed by atoms with Gasteiger partial charge in [0.25, 0.3) is 5.56 Å². The van der Waals surface area contributed by atoms with Crippen LogP contribution in [0.2, 0.25) is 0 Å². The molecule has 174 valence electrons. The first-order chi connectivity index (χ1) is 16.8. The standard InChI is InChI=1S/C25H17FN4O5/c1-35-18-8-5-16(6-9-18)30-21(12-15(14-27)28-30)24(32)23(25(33)34)19-10-7-17(13-20(19)26)29-11-3-2-4-22(29)31/h2-13,23H,1H3,(H,33,34)/p-1. The first kappa shape index (κ1) is 23.1. The summed E-state index contributed by atoms with van der Waals surface area (Å²) in [5, 5.41) is 25.3. The number of methoxy groups -OCH3 is 1. The molecule has 0 radical (unpaired) electrons. The van der Waals surface area contributed by atoms with E-state index >= 15 is 4.39 Å². The first-order valence-electron chi connectivity index (χ1n) is 10.2. The number of benzene rings is 2. The monoisotopic (exact) mass is 471 g/mol. The van der Waals surface area contributed by atoms with Crippen LogP contribution in [0.4, 0.5) is 4.39 Å². The van der Waals surface area contributed by atoms with Crippen LogP contribution in [-0.4, -0.2) is 33.2 Å². The van der Waals surface area contributed by atoms with Crippen LogP contribution in [0.5, 0.6) is 5.75 Å². The quantitative estimate of drug-likeness (QED) is 0.297. The van der Waals surface area contributed by atoms with Crippen molar-refractivity contribution < 1.29 is 23.8 Å². The zero-order chi connectivity index (χ0) is 25.1. The van der Waals surface area contributed by atoms with Gasteiger partial charge >= 0.3 is 0 Å². The Hall–Kier alpha value is -5.04. The van der Waals surface area contributed by atoms with Crippen molar-refractivity contribution in [1.29, 1.82) is 5.26 Å². The molecule has 0 aliphatic rings. The molecular formula is C25H16FN4O5-. The van der Waals surface area contributed by atoms with E-state index in [1.54, 1.807) is 36.4 Å². The summed E-state index contributed by atoms with van der Waals surface area (Å²) >= 11 is 0. The number of carbonyl (C=O) groups is 2. The van der Waals surface area contributed by atoms with Gasteiger partial charge in [0.2, 0.25) is 0 Å². The number of carboxylic acid groups (broad SMARTS) is 1. The Bertz CT molecular complexity index is 1530. The number of carbonyl (C=O) groups excluding carboxylic acids is 2. The number of carboxylic acids is 1. The fourth-order valence-electron chi connectivity index (χ4n) is 3.60. The lowest BCUT2D eigenvalue weighted by atomic mass is 9.92. The molecule has 35 heavy (non-hydrogen) atoms. The van der Waals surface area contributed by atoms with Gasteiger partial charge in [0, 0.05) is 23.9 Å². The van der Waals surface area contributed by atoms with Crippen molar-refractivity contribution in [3.05, 3.63) is 106 Å². The van der Waals surface area contributed by atoms with Crippen molar-refractivity contribution in [2.45, 2.75) is 5.92 Å². The molecule has 0 bridgehead atoms. The van der Waals surface area contributed by atoms with Gasteiger partial charge < -0.3 is 14.6 Å². The van der Waals surface area contributed by atoms with Crippen molar-refractivity contribution in [2.75, 3.05) is 7.11 Å². The van der Waals surface area contributed by atoms with Crippen molar-refractivity contribution in [3.8, 4) is 23.2 Å². The molecule has 2 aromatic carbocycles. The van der Waals surface area contributed by atoms with Crippen molar-refractivity contribution >= 4 is 11.8 Å². The fraction of sp³-hybridized carbons (Fsp3) is 0.0800. The third-order valence-electron chi connectivity index (χ3n) is 5.29. The summed E-state index contributed by atoms with van der Waals surface area (Å²) in [5.41, 5.74) is -0.754. The van der Waals surface area contributed by atoms with Gasteiger partial charge in [-0.2, -0.15) is 10.4 Å². The first-order valence-corrected chi connectivity index (χ1v) is 10.2. The van der Waals surface area contributed by atoms with E-state index in [0.29, 0.717) is 11.4 Å². The molecule has 2 heterocycles. The maximum atomic E-state index is 15.1. The molecular weight excluding hydrogens is 455 g/mol. The number of Topliss-reactive ketones (excluding diaryl/α,β-unsaturated/α-hetero) is 1. The molecule has 0 N–H and O–H groups in total. The Morgan fingerprint density at radius 2 is 1.80 bits per heavy atom. The maximum absolute atomic E-state index is 15.1. The van der Waals surface area contributed by atoms with Gasteiger partial charge in [-0.05, 0) is 42.5 Å². The summed E-state index contributed by atoms with van der Waals surface area (Å²) in [7, 11) is 1.48. The molecule has 2 aromatic heterocycles. The van der Waals surface area contributed by atoms with Crippen LogP contribution in [0.15, 0.2) is 77.7 Å². The van der Waals surface area contributed by atoms with Crippen molar-refractivity contribution in [3.63, 3.8) is 0 Å². The van der Waals surface area contributed by atoms with Crippen LogP contribution < -0.4 is 15.4 Å². The molecule has 1 unspecified atom stereocenters. The zero-order valence-corrected chi connectivity index (χ0v) is 18.2. The normalized spacial score (nSPS) is 11.5. The van der Waals surface area contributed by atoms with Crippen LogP contribution in [0.1, 0.15) is 27.7 Å². The van der Waals surface area contributed by atoms with Gasteiger partial charge in [0.05, 0.1) is 30.4 Å². The van der Waals surface area contributed by atoms with Gasteiger partial charge in [-0.3, -0.25) is 14.2 Å². The second-order valence-electron chi connectivity index (χ2n) is 7.37. The Morgan fingerprint density at radius 3 is 2.40 bits per heavy atom. The van der Waals surface area contributed by atoms with E-state index in [9.17, 15) is 24.8 Å². The lowest BCUT2D eigenvalue weighted by molar-refractivity contribution is -0.306. The van der Waals surface area contributed by atoms with E-state index < -0.39 is 34.6 Å². The second-order valence-corrected chi connectivity index (χ2v) is 7.37. The highest BCUT2D eigenvalue weighted by Crippen LogP contribution is 2.27. The number of nitriles is 1. The number of halogens is 1. The molecule has 1 atom stereocenters. The molecule has 0 amide bonds. The summed E-state index contributed by atoms with van der Waals surface area (Å²) in [6.45, 7) is 0. The molecule has 0 saturated heterocycles. The number of hydrogen-bond acceptors (Lipinski definition) is 7. The number of ether oxygens (including phenoxy) is 1. The Morgan fingerprint density at radius 1 is 1.09 bits per heavy atom. The molecule has 0 aliphatic carbocycles. The van der Waals surface area contributed by atoms with Crippen molar-refractivity contribution in [2.24, 2.45) is 0 Å². The minimum Gasteiger partial charge on any atom is -0.549 e. The summed E-state index contributed by atoms with van der Waals surface area (Å²) in [4.78, 5) is 37.4. The SMILES string of the molecule is COc1ccc(-n2nc(C#N)cc2C(=O)C(C(=O)[O-])c2ccc(-n3ccccc3=O)cc2F)cc1. The van der Waals surface area contributed by atoms with Crippen molar-refractivity contribution in [1.82, 2.24) is 14.3 Å². The van der Waals surface area contributed by atoms with Gasteiger partial charge in [-0.25, -0.2) is 9.07 Å². The number of ketones is 1. The Balaban J connectivity index is 1.78. The van der Waals surface area contributed by atoms with Gasteiger partial charge in [-0.1, -0.05) is 12.1 Å². The second kappa shape index (κ2) is 9.44. The van der Waals surface area contributed by atoms with E-state index in [2.05, 4.69) is 5.10 Å². The van der Waals surface area contributed by atoms with Gasteiger partial charge in [-0.15, -0.1) is 0 Å². The lowest BCUT2D eigenvalue weighted by Gasteiger charge is -2.19. The van der Waals surface area contributed by atoms with Gasteiger partial charge in [0.1, 0.15) is 23.3 Å². The van der Waals surface area contributed by atoms with E-state index in [0.717, 1.165) is 22.9 Å². The molecule has 0 aliphatic heterocycles. The number of hydrogen-bond donors (Lipinski definition) is 0. The molecule has 0 saturated carbocycles. The lowest BCUT2D eigenvalue weighted by Crippen LogP contribution is -2.36. The summed E-state index contributed by atoms with van der Waals surface area (Å²) in [6.07, 6.45) is 1.43. The predicted molar refractivity (Wildman–Crippen MR) is 119 cm³/mol. The highest BCUT2D eigenvalue weighted by Gasteiger charge is 2.30. The summed E-state index contributed by atoms with van der Waals surface area (Å²) < 4.78 is 22.5. The third-order valence-corrected chi connectivity index (χ3v) is 5.29. The van der Waals surface area contributed by atoms with E-state index in [4.69, 9.17) is 4.74 Å². The maximum Gasteiger partial charge on any atom is 0.255 e. The third kappa shape index (κ3) is 4.43. The van der Waals surface area contributed by atoms with E-state index in [1.165, 1.54) is 36.1 Å². The minimum absolute atomic E-state index is 0.138. The predicted octanol–water partition coefficient (Wildman–Crippen LogP) is 1.76. The number of nitrogens with zero attached hydrogens (tertiary/aromatic N) is 4. The summed E-state index contributed by atoms with van der Waals surface area (Å²) in [5.74, 6) is -5.38. The number of aromatic nitrogens is 3. The molecule has 4 aromatic rings. The average molecular weight is 471 g/mol. The average Bonchev–Trinajstić information content (AvgIpc) is 3.30. The Kier molecular flexibility index (Phi) is 6.24. The molecule has 9 nitrogen and oxygen atoms in total. The Labute approximate surface area is 197 Å². The zero-order valence-electron chi connectivity index (χ0n) is 18.2. The van der Waals surface area contributed by atoms with Gasteiger partial charge in [0.15, 0.2) is 11.5 Å². The highest BCUT2D eigenvalue weighted by atomic mass is 19.1. The van der Waals surface area contributed by atoms with E-state index in [1.807, 2.05) is 0 Å². The van der Waals surface area contributed by atoms with Crippen LogP contribution in [0.3, 0.4) is 0 Å². The molecule has 0 spiro atoms. The number of rotatable bonds is 7. The highest BCUT2D eigenvalue weighted by molar-refractivity contribution is 6.11. The molecule has 10 heteroatoms. The number of aliphatic carboxylic acids is 1. The fourth-order valence-corrected chi connectivity index (χ4v) is 3.60. The molecule has 4 rings (SSSR count). The van der Waals surface area contributed by atoms with E-state index in [-0.39, 0.29) is 17.1 Å². The number of pyridine rings is 1. The van der Waals surface area contributed by atoms with Crippen LogP contribution >= 0.6 is 0 Å². The summed E-state index contributed by atoms with van der Waals surface area (Å²) in [6, 6.07) is 17.0.